The van der Waals surface area contributed by atoms with E-state index in [0.29, 0.717) is 5.57 Å². The van der Waals surface area contributed by atoms with E-state index in [-0.39, 0.29) is 0 Å². The Labute approximate surface area is 150 Å². The Morgan fingerprint density at radius 2 is 2.04 bits per heavy atom. The minimum Gasteiger partial charge on any atom is -0.235 e. The molecular weight excluding hydrogens is 332 g/mol. The fourth-order valence-electron chi connectivity index (χ4n) is 2.41. The third-order valence-electron chi connectivity index (χ3n) is 3.75. The van der Waals surface area contributed by atoms with Gasteiger partial charge >= 0.3 is 0 Å². The van der Waals surface area contributed by atoms with E-state index in [2.05, 4.69) is 42.2 Å². The summed E-state index contributed by atoms with van der Waals surface area (Å²) in [7, 11) is 0. The van der Waals surface area contributed by atoms with Crippen molar-refractivity contribution in [2.75, 3.05) is 0 Å². The SMILES string of the molecule is CCCCc1ccc(-c2csc(/C(C#N)=C/c3cccs3)n2)cc1. The number of benzene rings is 1. The molecule has 24 heavy (non-hydrogen) atoms. The molecule has 0 amide bonds. The van der Waals surface area contributed by atoms with E-state index in [1.165, 1.54) is 29.7 Å². The van der Waals surface area contributed by atoms with E-state index < -0.39 is 0 Å². The lowest BCUT2D eigenvalue weighted by Gasteiger charge is -2.01. The zero-order valence-corrected chi connectivity index (χ0v) is 15.2. The number of hydrogen-bond acceptors (Lipinski definition) is 4. The second-order valence-electron chi connectivity index (χ2n) is 5.52. The number of allylic oxidation sites excluding steroid dienone is 1. The number of nitrogens with zero attached hydrogens (tertiary/aromatic N) is 2. The van der Waals surface area contributed by atoms with E-state index in [1.54, 1.807) is 11.3 Å². The van der Waals surface area contributed by atoms with Crippen LogP contribution in [-0.2, 0) is 6.42 Å². The van der Waals surface area contributed by atoms with Gasteiger partial charge in [0.2, 0.25) is 0 Å². The fraction of sp³-hybridized carbons (Fsp3) is 0.200. The molecule has 0 N–H and O–H groups in total. The summed E-state index contributed by atoms with van der Waals surface area (Å²) in [6, 6.07) is 14.9. The van der Waals surface area contributed by atoms with E-state index >= 15 is 0 Å². The molecule has 3 aromatic rings. The van der Waals surface area contributed by atoms with Gasteiger partial charge in [0.25, 0.3) is 0 Å². The average molecular weight is 351 g/mol. The van der Waals surface area contributed by atoms with Crippen molar-refractivity contribution in [2.45, 2.75) is 26.2 Å². The molecule has 2 nitrogen and oxygen atoms in total. The van der Waals surface area contributed by atoms with Gasteiger partial charge in [-0.15, -0.1) is 22.7 Å². The third kappa shape index (κ3) is 4.00. The second kappa shape index (κ2) is 8.05. The molecule has 2 aromatic heterocycles. The number of hydrogen-bond donors (Lipinski definition) is 0. The van der Waals surface area contributed by atoms with Crippen molar-refractivity contribution in [3.63, 3.8) is 0 Å². The lowest BCUT2D eigenvalue weighted by Crippen LogP contribution is -1.86. The molecule has 0 bridgehead atoms. The molecule has 3 rings (SSSR count). The smallest absolute Gasteiger partial charge is 0.134 e. The zero-order chi connectivity index (χ0) is 16.8. The Kier molecular flexibility index (Phi) is 5.58. The van der Waals surface area contributed by atoms with Gasteiger partial charge < -0.3 is 0 Å². The summed E-state index contributed by atoms with van der Waals surface area (Å²) in [4.78, 5) is 5.73. The molecule has 2 heterocycles. The van der Waals surface area contributed by atoms with Gasteiger partial charge in [-0.2, -0.15) is 5.26 Å². The van der Waals surface area contributed by atoms with Crippen molar-refractivity contribution in [3.05, 3.63) is 62.6 Å². The first-order valence-corrected chi connectivity index (χ1v) is 9.76. The van der Waals surface area contributed by atoms with Crippen molar-refractivity contribution in [2.24, 2.45) is 0 Å². The van der Waals surface area contributed by atoms with Gasteiger partial charge in [-0.25, -0.2) is 4.98 Å². The predicted octanol–water partition coefficient (Wildman–Crippen LogP) is 6.28. The maximum absolute atomic E-state index is 9.43. The Bertz CT molecular complexity index is 850. The minimum atomic E-state index is 0.619. The van der Waals surface area contributed by atoms with Crippen molar-refractivity contribution in [1.82, 2.24) is 4.98 Å². The molecule has 0 saturated heterocycles. The molecule has 0 atom stereocenters. The summed E-state index contributed by atoms with van der Waals surface area (Å²) < 4.78 is 0. The summed E-state index contributed by atoms with van der Waals surface area (Å²) >= 11 is 3.14. The van der Waals surface area contributed by atoms with Crippen LogP contribution in [-0.4, -0.2) is 4.98 Å². The molecule has 0 aliphatic rings. The average Bonchev–Trinajstić information content (AvgIpc) is 3.30. The van der Waals surface area contributed by atoms with E-state index in [0.717, 1.165) is 27.6 Å². The lowest BCUT2D eigenvalue weighted by atomic mass is 10.1. The number of thiazole rings is 1. The predicted molar refractivity (Wildman–Crippen MR) is 104 cm³/mol. The van der Waals surface area contributed by atoms with Crippen LogP contribution in [0.25, 0.3) is 22.9 Å². The molecule has 0 fully saturated rings. The van der Waals surface area contributed by atoms with E-state index in [9.17, 15) is 5.26 Å². The standard InChI is InChI=1S/C20H18N2S2/c1-2-3-5-15-7-9-16(10-8-15)19-14-24-20(22-19)17(13-21)12-18-6-4-11-23-18/h4,6-12,14H,2-3,5H2,1H3/b17-12+. The van der Waals surface area contributed by atoms with Crippen LogP contribution in [0, 0.1) is 11.3 Å². The van der Waals surface area contributed by atoms with Crippen LogP contribution in [0.5, 0.6) is 0 Å². The number of rotatable bonds is 6. The van der Waals surface area contributed by atoms with Crippen LogP contribution < -0.4 is 0 Å². The Balaban J connectivity index is 1.81. The normalized spacial score (nSPS) is 11.4. The summed E-state index contributed by atoms with van der Waals surface area (Å²) in [6.45, 7) is 2.21. The Morgan fingerprint density at radius 3 is 2.71 bits per heavy atom. The first-order valence-electron chi connectivity index (χ1n) is 8.00. The Morgan fingerprint density at radius 1 is 1.21 bits per heavy atom. The number of nitriles is 1. The summed E-state index contributed by atoms with van der Waals surface area (Å²) in [6.07, 6.45) is 5.46. The van der Waals surface area contributed by atoms with Crippen LogP contribution in [0.3, 0.4) is 0 Å². The van der Waals surface area contributed by atoms with Gasteiger partial charge in [-0.1, -0.05) is 43.7 Å². The van der Waals surface area contributed by atoms with Gasteiger partial charge in [0, 0.05) is 15.8 Å². The zero-order valence-electron chi connectivity index (χ0n) is 13.5. The number of unbranched alkanes of at least 4 members (excludes halogenated alkanes) is 1. The highest BCUT2D eigenvalue weighted by atomic mass is 32.1. The maximum Gasteiger partial charge on any atom is 0.134 e. The molecule has 0 aliphatic heterocycles. The largest absolute Gasteiger partial charge is 0.235 e. The molecule has 120 valence electrons. The number of aryl methyl sites for hydroxylation is 1. The van der Waals surface area contributed by atoms with Crippen LogP contribution in [0.15, 0.2) is 47.2 Å². The monoisotopic (exact) mass is 350 g/mol. The maximum atomic E-state index is 9.43. The van der Waals surface area contributed by atoms with Crippen molar-refractivity contribution < 1.29 is 0 Å². The van der Waals surface area contributed by atoms with Crippen molar-refractivity contribution in [1.29, 1.82) is 5.26 Å². The van der Waals surface area contributed by atoms with Gasteiger partial charge in [0.15, 0.2) is 0 Å². The fourth-order valence-corrected chi connectivity index (χ4v) is 3.86. The van der Waals surface area contributed by atoms with E-state index in [1.807, 2.05) is 29.0 Å². The van der Waals surface area contributed by atoms with Gasteiger partial charge in [-0.05, 0) is 35.9 Å². The van der Waals surface area contributed by atoms with Gasteiger partial charge in [0.1, 0.15) is 11.1 Å². The Hall–Kier alpha value is -2.22. The van der Waals surface area contributed by atoms with Gasteiger partial charge in [0.05, 0.1) is 11.3 Å². The highest BCUT2D eigenvalue weighted by Crippen LogP contribution is 2.28. The molecular formula is C20H18N2S2. The van der Waals surface area contributed by atoms with Crippen molar-refractivity contribution in [3.8, 4) is 17.3 Å². The lowest BCUT2D eigenvalue weighted by molar-refractivity contribution is 0.795. The number of aromatic nitrogens is 1. The third-order valence-corrected chi connectivity index (χ3v) is 5.45. The summed E-state index contributed by atoms with van der Waals surface area (Å²) in [5.41, 5.74) is 4.02. The topological polar surface area (TPSA) is 36.7 Å². The summed E-state index contributed by atoms with van der Waals surface area (Å²) in [5.74, 6) is 0. The van der Waals surface area contributed by atoms with Crippen LogP contribution >= 0.6 is 22.7 Å². The number of thiophene rings is 1. The molecule has 0 unspecified atom stereocenters. The molecule has 0 spiro atoms. The molecule has 0 saturated carbocycles. The molecule has 0 aliphatic carbocycles. The highest BCUT2D eigenvalue weighted by Gasteiger charge is 2.09. The second-order valence-corrected chi connectivity index (χ2v) is 7.36. The first kappa shape index (κ1) is 16.6. The van der Waals surface area contributed by atoms with Gasteiger partial charge in [-0.3, -0.25) is 0 Å². The quantitative estimate of drug-likeness (QED) is 0.491. The first-order chi connectivity index (χ1) is 11.8. The van der Waals surface area contributed by atoms with Crippen LogP contribution in [0.1, 0.15) is 35.2 Å². The minimum absolute atomic E-state index is 0.619. The molecule has 1 aromatic carbocycles. The summed E-state index contributed by atoms with van der Waals surface area (Å²) in [5, 5.41) is 14.2. The molecule has 0 radical (unpaired) electrons. The van der Waals surface area contributed by atoms with E-state index in [4.69, 9.17) is 0 Å². The van der Waals surface area contributed by atoms with Crippen molar-refractivity contribution >= 4 is 34.3 Å². The van der Waals surface area contributed by atoms with Crippen LogP contribution in [0.2, 0.25) is 0 Å². The van der Waals surface area contributed by atoms with Crippen LogP contribution in [0.4, 0.5) is 0 Å². The molecule has 4 heteroatoms. The highest BCUT2D eigenvalue weighted by molar-refractivity contribution is 7.12.